The highest BCUT2D eigenvalue weighted by Gasteiger charge is 2.12. The van der Waals surface area contributed by atoms with Crippen LogP contribution in [0.5, 0.6) is 11.5 Å². The third-order valence-electron chi connectivity index (χ3n) is 4.88. The van der Waals surface area contributed by atoms with Gasteiger partial charge in [0.1, 0.15) is 11.5 Å². The van der Waals surface area contributed by atoms with Crippen molar-refractivity contribution in [2.24, 2.45) is 16.5 Å². The molecule has 1 heterocycles. The topological polar surface area (TPSA) is 133 Å². The monoisotopic (exact) mass is 509 g/mol. The lowest BCUT2D eigenvalue weighted by Crippen LogP contribution is -2.26. The number of aromatic nitrogens is 1. The Morgan fingerprint density at radius 2 is 1.86 bits per heavy atom. The number of hydrogen-bond donors (Lipinski definition) is 3. The van der Waals surface area contributed by atoms with E-state index in [1.807, 2.05) is 58.0 Å². The third kappa shape index (κ3) is 8.28. The number of rotatable bonds is 7. The van der Waals surface area contributed by atoms with E-state index in [0.29, 0.717) is 22.1 Å². The Bertz CT molecular complexity index is 1300. The highest BCUT2D eigenvalue weighted by Crippen LogP contribution is 2.32. The number of aliphatic imine (C=N–C) groups is 1. The number of benzene rings is 2. The molecule has 5 N–H and O–H groups in total. The van der Waals surface area contributed by atoms with Gasteiger partial charge in [0.2, 0.25) is 5.91 Å². The lowest BCUT2D eigenvalue weighted by atomic mass is 10.1. The number of ether oxygens (including phenoxy) is 1. The van der Waals surface area contributed by atoms with Crippen molar-refractivity contribution in [1.29, 1.82) is 0 Å². The molecule has 0 fully saturated rings. The van der Waals surface area contributed by atoms with E-state index in [9.17, 15) is 9.00 Å². The molecule has 0 radical (unpaired) electrons. The highest BCUT2D eigenvalue weighted by atomic mass is 32.2. The third-order valence-corrected chi connectivity index (χ3v) is 5.80. The standard InChI is InChI=1S/C26H30N4O3S.CH5N/c1-17-12-18(13-25(31)30-19(15-27)16-29-26(2,3)4)6-9-23(17)33-24-10-11-28-22-8-7-20(34(5)32)14-21(22)24;1-2/h6-12,14-16H,13,27H2,1-5H3,(H,30,31);2H2,1H3/b19-15+,29-16?;. The second kappa shape index (κ2) is 12.9. The number of carbonyl (C=O) groups is 1. The van der Waals surface area contributed by atoms with Gasteiger partial charge in [0.15, 0.2) is 0 Å². The lowest BCUT2D eigenvalue weighted by Gasteiger charge is -2.13. The smallest absolute Gasteiger partial charge is 0.228 e. The molecule has 0 bridgehead atoms. The zero-order chi connectivity index (χ0) is 26.9. The van der Waals surface area contributed by atoms with Crippen molar-refractivity contribution in [3.05, 3.63) is 71.7 Å². The van der Waals surface area contributed by atoms with Gasteiger partial charge in [-0.2, -0.15) is 0 Å². The average molecular weight is 510 g/mol. The number of pyridine rings is 1. The summed E-state index contributed by atoms with van der Waals surface area (Å²) in [7, 11) is 0.394. The van der Waals surface area contributed by atoms with Crippen LogP contribution in [-0.4, -0.2) is 40.2 Å². The summed E-state index contributed by atoms with van der Waals surface area (Å²) in [6.07, 6.45) is 6.40. The van der Waals surface area contributed by atoms with Gasteiger partial charge in [-0.05, 0) is 76.2 Å². The molecule has 1 unspecified atom stereocenters. The largest absolute Gasteiger partial charge is 0.456 e. The van der Waals surface area contributed by atoms with Crippen molar-refractivity contribution in [2.75, 3.05) is 13.3 Å². The molecule has 3 rings (SSSR count). The van der Waals surface area contributed by atoms with Crippen molar-refractivity contribution >= 4 is 33.8 Å². The molecule has 0 aliphatic heterocycles. The van der Waals surface area contributed by atoms with E-state index in [0.717, 1.165) is 22.0 Å². The summed E-state index contributed by atoms with van der Waals surface area (Å²) in [5.74, 6) is 1.10. The molecular formula is C27H35N5O3S. The first-order valence-corrected chi connectivity index (χ1v) is 13.0. The fourth-order valence-corrected chi connectivity index (χ4v) is 3.74. The molecule has 192 valence electrons. The molecule has 0 aliphatic carbocycles. The maximum atomic E-state index is 12.5. The Balaban J connectivity index is 0.00000222. The van der Waals surface area contributed by atoms with Crippen LogP contribution in [0.4, 0.5) is 0 Å². The van der Waals surface area contributed by atoms with Crippen LogP contribution in [-0.2, 0) is 22.0 Å². The fraction of sp³-hybridized carbons (Fsp3) is 0.296. The predicted molar refractivity (Wildman–Crippen MR) is 148 cm³/mol. The molecule has 1 aromatic heterocycles. The van der Waals surface area contributed by atoms with Crippen molar-refractivity contribution < 1.29 is 13.7 Å². The van der Waals surface area contributed by atoms with E-state index in [1.165, 1.54) is 13.2 Å². The molecule has 1 amide bonds. The van der Waals surface area contributed by atoms with Crippen LogP contribution in [0.15, 0.2) is 70.4 Å². The SMILES string of the molecule is CN.Cc1cc(CC(=O)N/C(C=NC(C)(C)C)=C/N)ccc1Oc1ccnc2ccc(S(C)=O)cc12. The number of hydrogen-bond acceptors (Lipinski definition) is 7. The summed E-state index contributed by atoms with van der Waals surface area (Å²) < 4.78 is 18.1. The summed E-state index contributed by atoms with van der Waals surface area (Å²) >= 11 is 0. The molecule has 3 aromatic rings. The quantitative estimate of drug-likeness (QED) is 0.413. The second-order valence-electron chi connectivity index (χ2n) is 8.92. The minimum Gasteiger partial charge on any atom is -0.456 e. The van der Waals surface area contributed by atoms with Crippen LogP contribution in [0, 0.1) is 6.92 Å². The van der Waals surface area contributed by atoms with Gasteiger partial charge < -0.3 is 21.5 Å². The minimum absolute atomic E-state index is 0.186. The number of nitrogens with zero attached hydrogens (tertiary/aromatic N) is 2. The molecular weight excluding hydrogens is 474 g/mol. The summed E-state index contributed by atoms with van der Waals surface area (Å²) in [5, 5.41) is 3.57. The van der Waals surface area contributed by atoms with E-state index in [-0.39, 0.29) is 17.9 Å². The maximum Gasteiger partial charge on any atom is 0.228 e. The number of aryl methyl sites for hydroxylation is 1. The summed E-state index contributed by atoms with van der Waals surface area (Å²) in [6, 6.07) is 12.9. The minimum atomic E-state index is -1.11. The summed E-state index contributed by atoms with van der Waals surface area (Å²) in [4.78, 5) is 21.9. The highest BCUT2D eigenvalue weighted by molar-refractivity contribution is 7.84. The molecule has 0 aliphatic rings. The van der Waals surface area contributed by atoms with Crippen LogP contribution in [0.1, 0.15) is 31.9 Å². The number of nitrogens with one attached hydrogen (secondary N) is 1. The van der Waals surface area contributed by atoms with Gasteiger partial charge in [0, 0.05) is 45.9 Å². The number of nitrogens with two attached hydrogens (primary N) is 2. The van der Waals surface area contributed by atoms with Crippen LogP contribution >= 0.6 is 0 Å². The predicted octanol–water partition coefficient (Wildman–Crippen LogP) is 3.98. The van der Waals surface area contributed by atoms with Gasteiger partial charge in [0.05, 0.1) is 23.2 Å². The number of fused-ring (bicyclic) bond motifs is 1. The van der Waals surface area contributed by atoms with E-state index in [2.05, 4.69) is 21.0 Å². The number of carbonyl (C=O) groups excluding carboxylic acids is 1. The zero-order valence-corrected chi connectivity index (χ0v) is 22.5. The van der Waals surface area contributed by atoms with Crippen LogP contribution in [0.3, 0.4) is 0 Å². The Kier molecular flexibility index (Phi) is 10.3. The number of amides is 1. The summed E-state index contributed by atoms with van der Waals surface area (Å²) in [6.45, 7) is 7.81. The van der Waals surface area contributed by atoms with Gasteiger partial charge in [-0.1, -0.05) is 12.1 Å². The molecule has 0 spiro atoms. The fourth-order valence-electron chi connectivity index (χ4n) is 3.19. The Morgan fingerprint density at radius 3 is 2.47 bits per heavy atom. The van der Waals surface area contributed by atoms with Crippen molar-refractivity contribution in [3.63, 3.8) is 0 Å². The Labute approximate surface area is 215 Å². The molecule has 0 saturated heterocycles. The Hall–Kier alpha value is -3.56. The summed E-state index contributed by atoms with van der Waals surface area (Å²) in [5.41, 5.74) is 12.8. The van der Waals surface area contributed by atoms with Gasteiger partial charge in [-0.25, -0.2) is 0 Å². The van der Waals surface area contributed by atoms with E-state index >= 15 is 0 Å². The average Bonchev–Trinajstić information content (AvgIpc) is 2.84. The first-order valence-electron chi connectivity index (χ1n) is 11.4. The first-order chi connectivity index (χ1) is 17.1. The van der Waals surface area contributed by atoms with Gasteiger partial charge in [0.25, 0.3) is 0 Å². The molecule has 2 aromatic carbocycles. The van der Waals surface area contributed by atoms with Gasteiger partial charge in [-0.3, -0.25) is 19.0 Å². The van der Waals surface area contributed by atoms with E-state index in [1.54, 1.807) is 30.8 Å². The van der Waals surface area contributed by atoms with Crippen LogP contribution in [0.25, 0.3) is 10.9 Å². The van der Waals surface area contributed by atoms with Crippen molar-refractivity contribution in [1.82, 2.24) is 10.3 Å². The normalized spacial score (nSPS) is 12.7. The van der Waals surface area contributed by atoms with Crippen LogP contribution < -0.4 is 21.5 Å². The molecule has 0 saturated carbocycles. The van der Waals surface area contributed by atoms with Gasteiger partial charge in [-0.15, -0.1) is 0 Å². The zero-order valence-electron chi connectivity index (χ0n) is 21.7. The van der Waals surface area contributed by atoms with E-state index < -0.39 is 10.8 Å². The number of allylic oxidation sites excluding steroid dienone is 1. The maximum absolute atomic E-state index is 12.5. The van der Waals surface area contributed by atoms with Crippen molar-refractivity contribution in [3.8, 4) is 11.5 Å². The van der Waals surface area contributed by atoms with Gasteiger partial charge >= 0.3 is 0 Å². The molecule has 1 atom stereocenters. The second-order valence-corrected chi connectivity index (χ2v) is 10.3. The molecule has 8 nitrogen and oxygen atoms in total. The first kappa shape index (κ1) is 28.7. The Morgan fingerprint density at radius 1 is 1.14 bits per heavy atom. The molecule has 36 heavy (non-hydrogen) atoms. The lowest BCUT2D eigenvalue weighted by molar-refractivity contribution is -0.119. The molecule has 9 heteroatoms. The van der Waals surface area contributed by atoms with E-state index in [4.69, 9.17) is 10.5 Å². The van der Waals surface area contributed by atoms with Crippen LogP contribution in [0.2, 0.25) is 0 Å². The van der Waals surface area contributed by atoms with Crippen molar-refractivity contribution in [2.45, 2.75) is 44.6 Å².